The van der Waals surface area contributed by atoms with E-state index in [2.05, 4.69) is 31.1 Å². The first kappa shape index (κ1) is 10.4. The second-order valence-corrected chi connectivity index (χ2v) is 5.55. The summed E-state index contributed by atoms with van der Waals surface area (Å²) in [5.41, 5.74) is 0. The van der Waals surface area contributed by atoms with Crippen LogP contribution in [-0.2, 0) is 0 Å². The summed E-state index contributed by atoms with van der Waals surface area (Å²) in [6.07, 6.45) is 4.27. The van der Waals surface area contributed by atoms with Crippen LogP contribution in [0.5, 0.6) is 0 Å². The first-order chi connectivity index (χ1) is 6.66. The smallest absolute Gasteiger partial charge is 0.0345 e. The summed E-state index contributed by atoms with van der Waals surface area (Å²) in [5, 5.41) is 3.36. The van der Waals surface area contributed by atoms with Gasteiger partial charge in [0.05, 0.1) is 0 Å². The van der Waals surface area contributed by atoms with Crippen molar-refractivity contribution < 1.29 is 0 Å². The largest absolute Gasteiger partial charge is 0.314 e. The zero-order valence-electron chi connectivity index (χ0n) is 9.79. The third-order valence-corrected chi connectivity index (χ3v) is 4.07. The lowest BCUT2D eigenvalue weighted by atomic mass is 9.79. The molecule has 2 atom stereocenters. The minimum Gasteiger partial charge on any atom is -0.314 e. The van der Waals surface area contributed by atoms with E-state index in [-0.39, 0.29) is 0 Å². The second kappa shape index (κ2) is 4.19. The lowest BCUT2D eigenvalue weighted by Gasteiger charge is -2.44. The molecule has 1 saturated heterocycles. The standard InChI is InChI=1S/C12H24N2/c1-9-4-10(2)6-11(5-9)14(3)12-7-13-8-12/h9-13H,4-8H2,1-3H3. The van der Waals surface area contributed by atoms with E-state index in [4.69, 9.17) is 0 Å². The van der Waals surface area contributed by atoms with Crippen molar-refractivity contribution in [1.29, 1.82) is 0 Å². The highest BCUT2D eigenvalue weighted by Gasteiger charge is 2.32. The molecule has 2 fully saturated rings. The Balaban J connectivity index is 1.88. The fourth-order valence-electron chi connectivity index (χ4n) is 3.10. The highest BCUT2D eigenvalue weighted by Crippen LogP contribution is 2.32. The molecule has 82 valence electrons. The first-order valence-corrected chi connectivity index (χ1v) is 6.09. The van der Waals surface area contributed by atoms with Gasteiger partial charge in [0.1, 0.15) is 0 Å². The molecule has 1 aliphatic heterocycles. The Morgan fingerprint density at radius 2 is 1.50 bits per heavy atom. The van der Waals surface area contributed by atoms with Crippen LogP contribution < -0.4 is 5.32 Å². The van der Waals surface area contributed by atoms with Crippen LogP contribution in [0.4, 0.5) is 0 Å². The van der Waals surface area contributed by atoms with E-state index in [1.807, 2.05) is 0 Å². The number of hydrogen-bond donors (Lipinski definition) is 1. The molecule has 0 spiro atoms. The van der Waals surface area contributed by atoms with Crippen molar-refractivity contribution in [2.75, 3.05) is 20.1 Å². The summed E-state index contributed by atoms with van der Waals surface area (Å²) in [6, 6.07) is 1.67. The fourth-order valence-corrected chi connectivity index (χ4v) is 3.10. The lowest BCUT2D eigenvalue weighted by Crippen LogP contribution is -2.59. The SMILES string of the molecule is CC1CC(C)CC(N(C)C2CNC2)C1. The summed E-state index contributed by atoms with van der Waals surface area (Å²) < 4.78 is 0. The maximum Gasteiger partial charge on any atom is 0.0345 e. The Morgan fingerprint density at radius 1 is 0.929 bits per heavy atom. The van der Waals surface area contributed by atoms with Crippen LogP contribution in [0, 0.1) is 11.8 Å². The van der Waals surface area contributed by atoms with Crippen LogP contribution in [-0.4, -0.2) is 37.1 Å². The van der Waals surface area contributed by atoms with E-state index in [0.717, 1.165) is 23.9 Å². The topological polar surface area (TPSA) is 15.3 Å². The number of nitrogens with one attached hydrogen (secondary N) is 1. The molecule has 0 aromatic heterocycles. The molecule has 1 saturated carbocycles. The molecule has 2 rings (SSSR count). The zero-order valence-corrected chi connectivity index (χ0v) is 9.79. The third kappa shape index (κ3) is 2.12. The average molecular weight is 196 g/mol. The molecule has 0 amide bonds. The first-order valence-electron chi connectivity index (χ1n) is 6.09. The molecule has 14 heavy (non-hydrogen) atoms. The molecular weight excluding hydrogens is 172 g/mol. The van der Waals surface area contributed by atoms with Gasteiger partial charge in [-0.3, -0.25) is 4.90 Å². The zero-order chi connectivity index (χ0) is 10.1. The van der Waals surface area contributed by atoms with Gasteiger partial charge in [-0.25, -0.2) is 0 Å². The lowest BCUT2D eigenvalue weighted by molar-refractivity contribution is 0.0719. The second-order valence-electron chi connectivity index (χ2n) is 5.55. The number of rotatable bonds is 2. The van der Waals surface area contributed by atoms with Gasteiger partial charge in [-0.05, 0) is 38.1 Å². The van der Waals surface area contributed by atoms with Gasteiger partial charge in [-0.2, -0.15) is 0 Å². The van der Waals surface area contributed by atoms with E-state index < -0.39 is 0 Å². The van der Waals surface area contributed by atoms with Gasteiger partial charge in [0, 0.05) is 25.2 Å². The molecule has 0 aromatic carbocycles. The van der Waals surface area contributed by atoms with E-state index >= 15 is 0 Å². The van der Waals surface area contributed by atoms with Crippen molar-refractivity contribution in [2.24, 2.45) is 11.8 Å². The van der Waals surface area contributed by atoms with E-state index in [1.165, 1.54) is 32.4 Å². The Hall–Kier alpha value is -0.0800. The quantitative estimate of drug-likeness (QED) is 0.723. The molecule has 1 N–H and O–H groups in total. The van der Waals surface area contributed by atoms with Gasteiger partial charge in [0.15, 0.2) is 0 Å². The molecule has 2 nitrogen and oxygen atoms in total. The molecule has 1 aliphatic carbocycles. The monoisotopic (exact) mass is 196 g/mol. The molecule has 0 bridgehead atoms. The van der Waals surface area contributed by atoms with Crippen molar-refractivity contribution in [1.82, 2.24) is 10.2 Å². The van der Waals surface area contributed by atoms with Gasteiger partial charge in [-0.1, -0.05) is 13.8 Å². The Bertz CT molecular complexity index is 179. The average Bonchev–Trinajstić information content (AvgIpc) is 1.98. The summed E-state index contributed by atoms with van der Waals surface area (Å²) in [7, 11) is 2.32. The summed E-state index contributed by atoms with van der Waals surface area (Å²) in [4.78, 5) is 2.63. The normalized spacial score (nSPS) is 39.9. The van der Waals surface area contributed by atoms with Crippen molar-refractivity contribution in [3.63, 3.8) is 0 Å². The van der Waals surface area contributed by atoms with E-state index in [1.54, 1.807) is 0 Å². The van der Waals surface area contributed by atoms with Crippen molar-refractivity contribution in [3.8, 4) is 0 Å². The highest BCUT2D eigenvalue weighted by atomic mass is 15.2. The van der Waals surface area contributed by atoms with Crippen molar-refractivity contribution in [2.45, 2.75) is 45.2 Å². The summed E-state index contributed by atoms with van der Waals surface area (Å²) >= 11 is 0. The van der Waals surface area contributed by atoms with Gasteiger partial charge in [0.25, 0.3) is 0 Å². The molecule has 0 aromatic rings. The van der Waals surface area contributed by atoms with Crippen LogP contribution in [0.1, 0.15) is 33.1 Å². The Kier molecular flexibility index (Phi) is 3.13. The third-order valence-electron chi connectivity index (χ3n) is 4.07. The predicted octanol–water partition coefficient (Wildman–Crippen LogP) is 1.71. The van der Waals surface area contributed by atoms with Crippen LogP contribution in [0.2, 0.25) is 0 Å². The van der Waals surface area contributed by atoms with Crippen molar-refractivity contribution in [3.05, 3.63) is 0 Å². The maximum atomic E-state index is 3.36. The molecular formula is C12H24N2. The maximum absolute atomic E-state index is 3.36. The highest BCUT2D eigenvalue weighted by molar-refractivity contribution is 4.89. The van der Waals surface area contributed by atoms with Gasteiger partial charge in [0.2, 0.25) is 0 Å². The molecule has 0 radical (unpaired) electrons. The van der Waals surface area contributed by atoms with Crippen LogP contribution in [0.3, 0.4) is 0 Å². The van der Waals surface area contributed by atoms with Gasteiger partial charge >= 0.3 is 0 Å². The van der Waals surface area contributed by atoms with Gasteiger partial charge in [-0.15, -0.1) is 0 Å². The molecule has 2 unspecified atom stereocenters. The minimum atomic E-state index is 0.817. The number of likely N-dealkylation sites (N-methyl/N-ethyl adjacent to an activating group) is 1. The van der Waals surface area contributed by atoms with Gasteiger partial charge < -0.3 is 5.32 Å². The van der Waals surface area contributed by atoms with Crippen LogP contribution >= 0.6 is 0 Å². The minimum absolute atomic E-state index is 0.817. The summed E-state index contributed by atoms with van der Waals surface area (Å²) in [5.74, 6) is 1.86. The van der Waals surface area contributed by atoms with Crippen LogP contribution in [0.25, 0.3) is 0 Å². The summed E-state index contributed by atoms with van der Waals surface area (Å²) in [6.45, 7) is 7.23. The number of hydrogen-bond acceptors (Lipinski definition) is 2. The van der Waals surface area contributed by atoms with E-state index in [9.17, 15) is 0 Å². The molecule has 2 heteroatoms. The van der Waals surface area contributed by atoms with Crippen molar-refractivity contribution >= 4 is 0 Å². The predicted molar refractivity (Wildman–Crippen MR) is 60.4 cm³/mol. The molecule has 1 heterocycles. The molecule has 2 aliphatic rings. The van der Waals surface area contributed by atoms with Crippen LogP contribution in [0.15, 0.2) is 0 Å². The fraction of sp³-hybridized carbons (Fsp3) is 1.00. The number of nitrogens with zero attached hydrogens (tertiary/aromatic N) is 1. The van der Waals surface area contributed by atoms with E-state index in [0.29, 0.717) is 0 Å². The Labute approximate surface area is 88.1 Å². The Morgan fingerprint density at radius 3 is 1.93 bits per heavy atom.